The van der Waals surface area contributed by atoms with Gasteiger partial charge in [-0.3, -0.25) is 9.59 Å². The molecule has 0 aromatic carbocycles. The van der Waals surface area contributed by atoms with Crippen LogP contribution >= 0.6 is 0 Å². The molecule has 2 unspecified atom stereocenters. The van der Waals surface area contributed by atoms with Crippen LogP contribution < -0.4 is 5.32 Å². The van der Waals surface area contributed by atoms with Crippen molar-refractivity contribution >= 4 is 11.9 Å². The number of unbranched alkanes of at least 4 members (excludes halogenated alkanes) is 59. The Morgan fingerprint density at radius 3 is 0.866 bits per heavy atom. The summed E-state index contributed by atoms with van der Waals surface area (Å²) in [5, 5.41) is 23.5. The van der Waals surface area contributed by atoms with Crippen LogP contribution in [-0.2, 0) is 14.3 Å². The molecular formula is C76H149NO5. The highest BCUT2D eigenvalue weighted by Gasteiger charge is 2.20. The summed E-state index contributed by atoms with van der Waals surface area (Å²) in [6, 6.07) is -0.543. The van der Waals surface area contributed by atoms with Gasteiger partial charge >= 0.3 is 5.97 Å². The van der Waals surface area contributed by atoms with Gasteiger partial charge in [0.2, 0.25) is 5.91 Å². The minimum Gasteiger partial charge on any atom is -0.466 e. The molecule has 1 amide bonds. The predicted octanol–water partition coefficient (Wildman–Crippen LogP) is 24.7. The zero-order chi connectivity index (χ0) is 59.2. The summed E-state index contributed by atoms with van der Waals surface area (Å²) in [5.74, 6) is -0.0148. The number of carbonyl (C=O) groups excluding carboxylic acids is 2. The molecule has 3 N–H and O–H groups in total. The van der Waals surface area contributed by atoms with Crippen LogP contribution in [0.15, 0.2) is 12.2 Å². The van der Waals surface area contributed by atoms with Crippen LogP contribution in [0.2, 0.25) is 0 Å². The SMILES string of the molecule is CCCCCCCC/C=C\CCCCCCCCCCCC(=O)OCCCCCCCCCCCCCCCCCCCCCCCCC(=O)NC(CO)C(O)CCCCCCCCCCCCCCCCCCCCCCCCCC. The Kier molecular flexibility index (Phi) is 70.8. The van der Waals surface area contributed by atoms with Gasteiger partial charge in [-0.2, -0.15) is 0 Å². The number of nitrogens with one attached hydrogen (secondary N) is 1. The predicted molar refractivity (Wildman–Crippen MR) is 361 cm³/mol. The Morgan fingerprint density at radius 2 is 0.573 bits per heavy atom. The lowest BCUT2D eigenvalue weighted by Crippen LogP contribution is -2.45. The first kappa shape index (κ1) is 80.6. The third kappa shape index (κ3) is 67.7. The van der Waals surface area contributed by atoms with Crippen LogP contribution in [0.1, 0.15) is 438 Å². The first-order valence-electron chi connectivity index (χ1n) is 37.9. The van der Waals surface area contributed by atoms with Gasteiger partial charge in [0.15, 0.2) is 0 Å². The number of rotatable bonds is 72. The molecule has 0 aliphatic rings. The molecule has 0 aliphatic heterocycles. The van der Waals surface area contributed by atoms with Gasteiger partial charge < -0.3 is 20.3 Å². The fourth-order valence-electron chi connectivity index (χ4n) is 12.3. The number of hydrogen-bond donors (Lipinski definition) is 3. The highest BCUT2D eigenvalue weighted by atomic mass is 16.5. The van der Waals surface area contributed by atoms with Crippen LogP contribution in [0.25, 0.3) is 0 Å². The molecular weight excluding hydrogens is 1010 g/mol. The van der Waals surface area contributed by atoms with E-state index in [4.69, 9.17) is 4.74 Å². The van der Waals surface area contributed by atoms with Crippen molar-refractivity contribution in [3.05, 3.63) is 12.2 Å². The van der Waals surface area contributed by atoms with Crippen molar-refractivity contribution in [1.29, 1.82) is 0 Å². The number of hydrogen-bond acceptors (Lipinski definition) is 5. The topological polar surface area (TPSA) is 95.9 Å². The molecule has 0 bridgehead atoms. The van der Waals surface area contributed by atoms with Crippen LogP contribution in [-0.4, -0.2) is 47.4 Å². The highest BCUT2D eigenvalue weighted by Crippen LogP contribution is 2.20. The van der Waals surface area contributed by atoms with Crippen molar-refractivity contribution in [2.75, 3.05) is 13.2 Å². The summed E-state index contributed by atoms with van der Waals surface area (Å²) in [7, 11) is 0. The molecule has 0 radical (unpaired) electrons. The maximum atomic E-state index is 12.6. The first-order valence-corrected chi connectivity index (χ1v) is 37.9. The van der Waals surface area contributed by atoms with Crippen molar-refractivity contribution in [3.63, 3.8) is 0 Å². The van der Waals surface area contributed by atoms with Crippen LogP contribution in [0.3, 0.4) is 0 Å². The molecule has 0 aliphatic carbocycles. The molecule has 2 atom stereocenters. The second kappa shape index (κ2) is 72.1. The summed E-state index contributed by atoms with van der Waals surface area (Å²) in [6.07, 6.45) is 89.9. The molecule has 0 aromatic rings. The first-order chi connectivity index (χ1) is 40.5. The number of esters is 1. The standard InChI is InChI=1S/C76H149NO5/c1-3-5-7-9-11-13-15-17-19-21-23-24-25-26-29-33-36-40-44-48-52-56-60-64-68-74(79)73(72-78)77-75(80)69-65-61-57-53-49-45-41-37-34-30-27-28-31-35-39-43-47-51-55-59-63-67-71-82-76(81)70-66-62-58-54-50-46-42-38-32-22-20-18-16-14-12-10-8-6-4-2/h18,20,73-74,78-79H,3-17,19,21-72H2,1-2H3,(H,77,80)/b20-18-. The lowest BCUT2D eigenvalue weighted by Gasteiger charge is -2.22. The van der Waals surface area contributed by atoms with Crippen molar-refractivity contribution in [2.45, 2.75) is 450 Å². The van der Waals surface area contributed by atoms with E-state index in [1.165, 1.54) is 360 Å². The third-order valence-electron chi connectivity index (χ3n) is 18.1. The van der Waals surface area contributed by atoms with Crippen molar-refractivity contribution in [2.24, 2.45) is 0 Å². The van der Waals surface area contributed by atoms with Crippen LogP contribution in [0.5, 0.6) is 0 Å². The van der Waals surface area contributed by atoms with Crippen LogP contribution in [0, 0.1) is 0 Å². The molecule has 0 saturated heterocycles. The lowest BCUT2D eigenvalue weighted by molar-refractivity contribution is -0.143. The number of amides is 1. The highest BCUT2D eigenvalue weighted by molar-refractivity contribution is 5.76. The van der Waals surface area contributed by atoms with Crippen molar-refractivity contribution in [1.82, 2.24) is 5.32 Å². The Bertz CT molecular complexity index is 1240. The zero-order valence-corrected chi connectivity index (χ0v) is 56.0. The minimum atomic E-state index is -0.666. The van der Waals surface area contributed by atoms with Gasteiger partial charge in [0, 0.05) is 12.8 Å². The Morgan fingerprint density at radius 1 is 0.329 bits per heavy atom. The summed E-state index contributed by atoms with van der Waals surface area (Å²) in [4.78, 5) is 24.7. The van der Waals surface area contributed by atoms with E-state index in [0.29, 0.717) is 25.9 Å². The largest absolute Gasteiger partial charge is 0.466 e. The van der Waals surface area contributed by atoms with Gasteiger partial charge in [0.25, 0.3) is 0 Å². The number of aliphatic hydroxyl groups excluding tert-OH is 2. The van der Waals surface area contributed by atoms with E-state index in [-0.39, 0.29) is 18.5 Å². The smallest absolute Gasteiger partial charge is 0.305 e. The summed E-state index contributed by atoms with van der Waals surface area (Å²) < 4.78 is 5.51. The quantitative estimate of drug-likeness (QED) is 0.0320. The molecule has 0 aromatic heterocycles. The Balaban J connectivity index is 3.36. The zero-order valence-electron chi connectivity index (χ0n) is 56.0. The summed E-state index contributed by atoms with van der Waals surface area (Å²) in [6.45, 7) is 5.00. The van der Waals surface area contributed by atoms with E-state index in [9.17, 15) is 19.8 Å². The van der Waals surface area contributed by atoms with E-state index >= 15 is 0 Å². The average Bonchev–Trinajstić information content (AvgIpc) is 3.48. The van der Waals surface area contributed by atoms with E-state index in [1.54, 1.807) is 0 Å². The fraction of sp³-hybridized carbons (Fsp3) is 0.947. The van der Waals surface area contributed by atoms with E-state index in [0.717, 1.165) is 44.9 Å². The number of carbonyl (C=O) groups is 2. The molecule has 0 spiro atoms. The van der Waals surface area contributed by atoms with E-state index in [1.807, 2.05) is 0 Å². The van der Waals surface area contributed by atoms with Crippen molar-refractivity contribution < 1.29 is 24.5 Å². The second-order valence-corrected chi connectivity index (χ2v) is 26.3. The molecule has 6 nitrogen and oxygen atoms in total. The normalized spacial score (nSPS) is 12.5. The monoisotopic (exact) mass is 1160 g/mol. The summed E-state index contributed by atoms with van der Waals surface area (Å²) >= 11 is 0. The van der Waals surface area contributed by atoms with E-state index in [2.05, 4.69) is 31.3 Å². The van der Waals surface area contributed by atoms with Gasteiger partial charge in [-0.1, -0.05) is 386 Å². The molecule has 6 heteroatoms. The van der Waals surface area contributed by atoms with Gasteiger partial charge in [-0.15, -0.1) is 0 Å². The minimum absolute atomic E-state index is 0.0145. The molecule has 0 saturated carbocycles. The Labute approximate surface area is 514 Å². The fourth-order valence-corrected chi connectivity index (χ4v) is 12.3. The van der Waals surface area contributed by atoms with Crippen molar-refractivity contribution in [3.8, 4) is 0 Å². The summed E-state index contributed by atoms with van der Waals surface area (Å²) in [5.41, 5.74) is 0. The Hall–Kier alpha value is -1.40. The molecule has 0 rings (SSSR count). The van der Waals surface area contributed by atoms with Crippen LogP contribution in [0.4, 0.5) is 0 Å². The number of ether oxygens (including phenoxy) is 1. The third-order valence-corrected chi connectivity index (χ3v) is 18.1. The molecule has 0 fully saturated rings. The average molecular weight is 1160 g/mol. The maximum absolute atomic E-state index is 12.6. The van der Waals surface area contributed by atoms with Gasteiger partial charge in [-0.25, -0.2) is 0 Å². The molecule has 0 heterocycles. The second-order valence-electron chi connectivity index (χ2n) is 26.3. The van der Waals surface area contributed by atoms with Gasteiger partial charge in [-0.05, 0) is 51.4 Å². The van der Waals surface area contributed by atoms with Gasteiger partial charge in [0.05, 0.1) is 25.4 Å². The van der Waals surface area contributed by atoms with Gasteiger partial charge in [0.1, 0.15) is 0 Å². The molecule has 488 valence electrons. The number of allylic oxidation sites excluding steroid dienone is 2. The lowest BCUT2D eigenvalue weighted by atomic mass is 10.0. The van der Waals surface area contributed by atoms with E-state index < -0.39 is 12.1 Å². The number of aliphatic hydroxyl groups is 2. The molecule has 82 heavy (non-hydrogen) atoms. The maximum Gasteiger partial charge on any atom is 0.305 e.